The van der Waals surface area contributed by atoms with Crippen LogP contribution in [0.1, 0.15) is 65.7 Å². The van der Waals surface area contributed by atoms with Crippen molar-refractivity contribution < 1.29 is 9.90 Å². The number of ketones is 1. The first-order chi connectivity index (χ1) is 10.4. The van der Waals surface area contributed by atoms with Crippen LogP contribution in [0.25, 0.3) is 0 Å². The van der Waals surface area contributed by atoms with Gasteiger partial charge in [0.1, 0.15) is 0 Å². The van der Waals surface area contributed by atoms with Crippen LogP contribution < -0.4 is 0 Å². The molecule has 0 heterocycles. The summed E-state index contributed by atoms with van der Waals surface area (Å²) in [6, 6.07) is 0. The molecule has 4 aliphatic carbocycles. The van der Waals surface area contributed by atoms with Gasteiger partial charge in [0.2, 0.25) is 0 Å². The van der Waals surface area contributed by atoms with Crippen LogP contribution in [0.4, 0.5) is 0 Å². The molecular formula is C20H30O2. The summed E-state index contributed by atoms with van der Waals surface area (Å²) in [5, 5.41) is 10.5. The zero-order valence-electron chi connectivity index (χ0n) is 14.3. The lowest BCUT2D eigenvalue weighted by Crippen LogP contribution is -2.52. The van der Waals surface area contributed by atoms with Gasteiger partial charge in [0, 0.05) is 6.42 Å². The smallest absolute Gasteiger partial charge is 0.155 e. The average molecular weight is 302 g/mol. The van der Waals surface area contributed by atoms with E-state index in [1.807, 2.05) is 6.08 Å². The summed E-state index contributed by atoms with van der Waals surface area (Å²) in [6.07, 6.45) is 9.54. The number of aliphatic hydroxyl groups excluding tert-OH is 1. The summed E-state index contributed by atoms with van der Waals surface area (Å²) in [6.45, 7) is 7.11. The third kappa shape index (κ3) is 1.79. The molecule has 0 saturated heterocycles. The Labute approximate surface area is 134 Å². The lowest BCUT2D eigenvalue weighted by Gasteiger charge is -2.59. The highest BCUT2D eigenvalue weighted by atomic mass is 16.3. The Balaban J connectivity index is 1.73. The first-order valence-corrected chi connectivity index (χ1v) is 9.29. The minimum atomic E-state index is -0.0913. The van der Waals surface area contributed by atoms with Crippen molar-refractivity contribution in [1.29, 1.82) is 0 Å². The summed E-state index contributed by atoms with van der Waals surface area (Å²) in [7, 11) is 0. The SMILES string of the molecule is CC1C[C@@H]2[C@H](CC[C@]3(C)C(O)CC[C@@H]23)[C@@]2(C)CCC(=O)C=C12. The maximum Gasteiger partial charge on any atom is 0.155 e. The van der Waals surface area contributed by atoms with Gasteiger partial charge in [0.15, 0.2) is 5.78 Å². The summed E-state index contributed by atoms with van der Waals surface area (Å²) in [4.78, 5) is 11.9. The third-order valence-electron chi connectivity index (χ3n) is 8.23. The second-order valence-corrected chi connectivity index (χ2v) is 9.13. The zero-order valence-corrected chi connectivity index (χ0v) is 14.3. The van der Waals surface area contributed by atoms with Crippen LogP contribution in [0.15, 0.2) is 11.6 Å². The summed E-state index contributed by atoms with van der Waals surface area (Å²) >= 11 is 0. The van der Waals surface area contributed by atoms with E-state index in [1.54, 1.807) is 0 Å². The van der Waals surface area contributed by atoms with Crippen molar-refractivity contribution in [2.75, 3.05) is 0 Å². The molecular weight excluding hydrogens is 272 g/mol. The normalized spacial score (nSPS) is 54.3. The Kier molecular flexibility index (Phi) is 3.18. The Morgan fingerprint density at radius 1 is 1.14 bits per heavy atom. The molecule has 0 spiro atoms. The van der Waals surface area contributed by atoms with Gasteiger partial charge in [0.25, 0.3) is 0 Å². The standard InChI is InChI=1S/C20H30O2/c1-12-10-14-15-4-5-18(22)20(15,3)9-7-16(14)19(2)8-6-13(21)11-17(12)19/h11-12,14-16,18,22H,4-10H2,1-3H3/t12?,14-,15-,16-,18?,19+,20-/m0/s1. The van der Waals surface area contributed by atoms with Crippen molar-refractivity contribution in [3.63, 3.8) is 0 Å². The van der Waals surface area contributed by atoms with Crippen LogP contribution in [0.2, 0.25) is 0 Å². The molecule has 2 heteroatoms. The molecule has 0 aliphatic heterocycles. The third-order valence-corrected chi connectivity index (χ3v) is 8.23. The summed E-state index contributed by atoms with van der Waals surface area (Å²) < 4.78 is 0. The summed E-state index contributed by atoms with van der Waals surface area (Å²) in [5.74, 6) is 3.05. The molecule has 0 aromatic carbocycles. The molecule has 122 valence electrons. The number of hydrogen-bond acceptors (Lipinski definition) is 2. The molecule has 0 radical (unpaired) electrons. The fourth-order valence-electron chi connectivity index (χ4n) is 6.96. The molecule has 0 bridgehead atoms. The van der Waals surface area contributed by atoms with Gasteiger partial charge >= 0.3 is 0 Å². The van der Waals surface area contributed by atoms with Gasteiger partial charge in [-0.1, -0.05) is 26.3 Å². The quantitative estimate of drug-likeness (QED) is 0.730. The van der Waals surface area contributed by atoms with Crippen LogP contribution in [0.3, 0.4) is 0 Å². The van der Waals surface area contributed by atoms with E-state index in [-0.39, 0.29) is 16.9 Å². The van der Waals surface area contributed by atoms with Gasteiger partial charge in [-0.25, -0.2) is 0 Å². The van der Waals surface area contributed by atoms with Crippen LogP contribution in [0.5, 0.6) is 0 Å². The van der Waals surface area contributed by atoms with Crippen molar-refractivity contribution in [1.82, 2.24) is 0 Å². The van der Waals surface area contributed by atoms with Crippen LogP contribution >= 0.6 is 0 Å². The van der Waals surface area contributed by atoms with Gasteiger partial charge in [-0.2, -0.15) is 0 Å². The Morgan fingerprint density at radius 2 is 1.91 bits per heavy atom. The largest absolute Gasteiger partial charge is 0.393 e. The molecule has 1 N–H and O–H groups in total. The van der Waals surface area contributed by atoms with E-state index in [1.165, 1.54) is 31.3 Å². The lowest BCUT2D eigenvalue weighted by molar-refractivity contribution is -0.118. The topological polar surface area (TPSA) is 37.3 Å². The van der Waals surface area contributed by atoms with Crippen molar-refractivity contribution in [3.8, 4) is 0 Å². The maximum absolute atomic E-state index is 11.9. The molecule has 0 aromatic heterocycles. The van der Waals surface area contributed by atoms with E-state index in [4.69, 9.17) is 0 Å². The minimum absolute atomic E-state index is 0.0913. The first kappa shape index (κ1) is 14.9. The molecule has 22 heavy (non-hydrogen) atoms. The van der Waals surface area contributed by atoms with Gasteiger partial charge in [-0.05, 0) is 79.1 Å². The highest BCUT2D eigenvalue weighted by Gasteiger charge is 2.59. The van der Waals surface area contributed by atoms with E-state index in [0.29, 0.717) is 17.6 Å². The van der Waals surface area contributed by atoms with Crippen LogP contribution in [0, 0.1) is 34.5 Å². The van der Waals surface area contributed by atoms with E-state index in [2.05, 4.69) is 20.8 Å². The van der Waals surface area contributed by atoms with Crippen molar-refractivity contribution >= 4 is 5.78 Å². The minimum Gasteiger partial charge on any atom is -0.393 e. The molecule has 4 aliphatic rings. The molecule has 0 aromatic rings. The molecule has 4 rings (SSSR count). The van der Waals surface area contributed by atoms with Crippen molar-refractivity contribution in [3.05, 3.63) is 11.6 Å². The predicted octanol–water partition coefficient (Wildman–Crippen LogP) is 4.13. The van der Waals surface area contributed by atoms with Crippen LogP contribution in [-0.2, 0) is 4.79 Å². The van der Waals surface area contributed by atoms with E-state index in [0.717, 1.165) is 31.1 Å². The second kappa shape index (κ2) is 4.69. The maximum atomic E-state index is 11.9. The van der Waals surface area contributed by atoms with Gasteiger partial charge in [0.05, 0.1) is 6.10 Å². The average Bonchev–Trinajstić information content (AvgIpc) is 2.77. The fraction of sp³-hybridized carbons (Fsp3) is 0.850. The number of allylic oxidation sites excluding steroid dienone is 1. The van der Waals surface area contributed by atoms with E-state index in [9.17, 15) is 9.90 Å². The van der Waals surface area contributed by atoms with Gasteiger partial charge < -0.3 is 5.11 Å². The molecule has 3 fully saturated rings. The first-order valence-electron chi connectivity index (χ1n) is 9.29. The van der Waals surface area contributed by atoms with Crippen molar-refractivity contribution in [2.24, 2.45) is 34.5 Å². The Hall–Kier alpha value is -0.630. The van der Waals surface area contributed by atoms with Crippen molar-refractivity contribution in [2.45, 2.75) is 71.8 Å². The molecule has 2 nitrogen and oxygen atoms in total. The number of hydrogen-bond donors (Lipinski definition) is 1. The zero-order chi connectivity index (χ0) is 15.7. The molecule has 3 saturated carbocycles. The number of fused-ring (bicyclic) bond motifs is 5. The number of rotatable bonds is 0. The number of aliphatic hydroxyl groups is 1. The lowest BCUT2D eigenvalue weighted by atomic mass is 9.45. The number of carbonyl (C=O) groups is 1. The summed E-state index contributed by atoms with van der Waals surface area (Å²) in [5.41, 5.74) is 1.85. The highest BCUT2D eigenvalue weighted by molar-refractivity contribution is 5.91. The molecule has 7 atom stereocenters. The highest BCUT2D eigenvalue weighted by Crippen LogP contribution is 2.66. The predicted molar refractivity (Wildman–Crippen MR) is 87.3 cm³/mol. The van der Waals surface area contributed by atoms with Crippen LogP contribution in [-0.4, -0.2) is 17.0 Å². The number of carbonyl (C=O) groups excluding carboxylic acids is 1. The Bertz CT molecular complexity index is 536. The fourth-order valence-corrected chi connectivity index (χ4v) is 6.96. The monoisotopic (exact) mass is 302 g/mol. The van der Waals surface area contributed by atoms with E-state index >= 15 is 0 Å². The second-order valence-electron chi connectivity index (χ2n) is 9.13. The van der Waals surface area contributed by atoms with E-state index < -0.39 is 0 Å². The van der Waals surface area contributed by atoms with Gasteiger partial charge in [-0.15, -0.1) is 0 Å². The Morgan fingerprint density at radius 3 is 2.68 bits per heavy atom. The van der Waals surface area contributed by atoms with Gasteiger partial charge in [-0.3, -0.25) is 4.79 Å². The molecule has 0 amide bonds. The molecule has 2 unspecified atom stereocenters.